The Morgan fingerprint density at radius 2 is 1.81 bits per heavy atom. The molecule has 8 nitrogen and oxygen atoms in total. The lowest BCUT2D eigenvalue weighted by molar-refractivity contribution is -0.158. The number of carbonyl (C=O) groups excluding carboxylic acids is 3. The molecule has 1 aliphatic carbocycles. The van der Waals surface area contributed by atoms with Gasteiger partial charge >= 0.3 is 0 Å². The normalized spacial score (nSPS) is 21.0. The predicted octanol–water partition coefficient (Wildman–Crippen LogP) is 3.41. The molecule has 2 aromatic carbocycles. The van der Waals surface area contributed by atoms with Gasteiger partial charge in [0.25, 0.3) is 0 Å². The molecule has 9 heteroatoms. The van der Waals surface area contributed by atoms with Crippen LogP contribution >= 0.6 is 11.5 Å². The van der Waals surface area contributed by atoms with Crippen molar-refractivity contribution in [2.45, 2.75) is 71.1 Å². The Morgan fingerprint density at radius 1 is 1.11 bits per heavy atom. The van der Waals surface area contributed by atoms with Crippen LogP contribution in [0, 0.1) is 11.8 Å². The number of aromatic nitrogens is 2. The van der Waals surface area contributed by atoms with Gasteiger partial charge in [0.1, 0.15) is 23.6 Å². The van der Waals surface area contributed by atoms with Crippen LogP contribution in [0.2, 0.25) is 0 Å². The van der Waals surface area contributed by atoms with Crippen LogP contribution in [0.5, 0.6) is 0 Å². The molecule has 0 bridgehead atoms. The van der Waals surface area contributed by atoms with Crippen molar-refractivity contribution in [2.24, 2.45) is 11.8 Å². The first-order chi connectivity index (χ1) is 17.7. The summed E-state index contributed by atoms with van der Waals surface area (Å²) in [5.74, 6) is -0.595. The largest absolute Gasteiger partial charge is 0.352 e. The molecule has 3 unspecified atom stereocenters. The van der Waals surface area contributed by atoms with Gasteiger partial charge in [-0.3, -0.25) is 14.4 Å². The number of benzene rings is 2. The standard InChI is InChI=1S/C28H33N5O3S/c1-15(2)11-22-26(34)30-24(20-12-17-7-5-6-8-18(17)13-20)28(36)33(22)25(27(35)29-16(3)4)19-9-10-21-23(14-19)37-32-31-21/h5-10,14-16,20,22,24-25H,11-13H2,1-4H3,(H,29,35)(H,30,34). The van der Waals surface area contributed by atoms with Gasteiger partial charge in [0.05, 0.1) is 4.70 Å². The molecule has 0 saturated carbocycles. The van der Waals surface area contributed by atoms with E-state index < -0.39 is 18.1 Å². The predicted molar refractivity (Wildman–Crippen MR) is 143 cm³/mol. The van der Waals surface area contributed by atoms with Crippen molar-refractivity contribution in [1.29, 1.82) is 0 Å². The van der Waals surface area contributed by atoms with Crippen LogP contribution in [-0.2, 0) is 27.2 Å². The third-order valence-electron chi connectivity index (χ3n) is 7.25. The number of hydrogen-bond donors (Lipinski definition) is 2. The van der Waals surface area contributed by atoms with Crippen LogP contribution in [0.1, 0.15) is 56.8 Å². The zero-order chi connectivity index (χ0) is 26.3. The lowest BCUT2D eigenvalue weighted by Crippen LogP contribution is -2.67. The molecule has 2 aliphatic rings. The van der Waals surface area contributed by atoms with Gasteiger partial charge < -0.3 is 15.5 Å². The summed E-state index contributed by atoms with van der Waals surface area (Å²) in [6.07, 6.45) is 1.90. The monoisotopic (exact) mass is 519 g/mol. The summed E-state index contributed by atoms with van der Waals surface area (Å²) >= 11 is 1.24. The highest BCUT2D eigenvalue weighted by molar-refractivity contribution is 7.12. The Hall–Kier alpha value is -3.33. The van der Waals surface area contributed by atoms with E-state index >= 15 is 0 Å². The molecule has 1 fully saturated rings. The summed E-state index contributed by atoms with van der Waals surface area (Å²) in [7, 11) is 0. The van der Waals surface area contributed by atoms with Gasteiger partial charge in [-0.2, -0.15) is 0 Å². The second-order valence-electron chi connectivity index (χ2n) is 10.9. The molecule has 1 aromatic heterocycles. The zero-order valence-electron chi connectivity index (χ0n) is 21.6. The van der Waals surface area contributed by atoms with E-state index in [2.05, 4.69) is 32.4 Å². The molecule has 3 aromatic rings. The summed E-state index contributed by atoms with van der Waals surface area (Å²) in [5, 5.41) is 10.2. The maximum atomic E-state index is 14.3. The minimum absolute atomic E-state index is 0.0571. The average Bonchev–Trinajstić information content (AvgIpc) is 3.49. The Morgan fingerprint density at radius 3 is 2.46 bits per heavy atom. The third-order valence-corrected chi connectivity index (χ3v) is 7.94. The first kappa shape index (κ1) is 25.3. The number of piperazine rings is 1. The fourth-order valence-corrected chi connectivity index (χ4v) is 6.25. The van der Waals surface area contributed by atoms with Crippen molar-refractivity contribution < 1.29 is 14.4 Å². The SMILES string of the molecule is CC(C)CC1C(=O)NC(C2Cc3ccccc3C2)C(=O)N1C(C(=O)NC(C)C)c1ccc2nnsc2c1. The van der Waals surface area contributed by atoms with Crippen molar-refractivity contribution in [3.05, 3.63) is 59.2 Å². The van der Waals surface area contributed by atoms with E-state index in [4.69, 9.17) is 0 Å². The molecule has 1 saturated heterocycles. The van der Waals surface area contributed by atoms with E-state index in [1.807, 2.05) is 58.0 Å². The van der Waals surface area contributed by atoms with E-state index in [0.717, 1.165) is 23.1 Å². The lowest BCUT2D eigenvalue weighted by Gasteiger charge is -2.45. The molecule has 0 radical (unpaired) electrons. The molecular weight excluding hydrogens is 486 g/mol. The molecule has 194 valence electrons. The second-order valence-corrected chi connectivity index (χ2v) is 11.7. The van der Waals surface area contributed by atoms with Gasteiger partial charge in [0, 0.05) is 6.04 Å². The smallest absolute Gasteiger partial charge is 0.247 e. The number of nitrogens with one attached hydrogen (secondary N) is 2. The highest BCUT2D eigenvalue weighted by Crippen LogP contribution is 2.36. The maximum absolute atomic E-state index is 14.3. The number of nitrogens with zero attached hydrogens (tertiary/aromatic N) is 3. The molecule has 5 rings (SSSR count). The number of amides is 3. The summed E-state index contributed by atoms with van der Waals surface area (Å²) in [6, 6.07) is 11.2. The van der Waals surface area contributed by atoms with Crippen LogP contribution < -0.4 is 10.6 Å². The Kier molecular flexibility index (Phi) is 6.98. The molecule has 3 amide bonds. The molecule has 37 heavy (non-hydrogen) atoms. The summed E-state index contributed by atoms with van der Waals surface area (Å²) < 4.78 is 4.85. The van der Waals surface area contributed by atoms with Gasteiger partial charge in [-0.1, -0.05) is 48.7 Å². The van der Waals surface area contributed by atoms with Crippen molar-refractivity contribution in [1.82, 2.24) is 25.1 Å². The molecule has 0 spiro atoms. The third kappa shape index (κ3) is 4.97. The molecule has 2 N–H and O–H groups in total. The summed E-state index contributed by atoms with van der Waals surface area (Å²) in [5.41, 5.74) is 3.81. The average molecular weight is 520 g/mol. The fraction of sp³-hybridized carbons (Fsp3) is 0.464. The molecule has 2 heterocycles. The van der Waals surface area contributed by atoms with E-state index in [1.165, 1.54) is 22.7 Å². The van der Waals surface area contributed by atoms with Crippen LogP contribution in [-0.4, -0.2) is 50.3 Å². The van der Waals surface area contributed by atoms with Crippen LogP contribution in [0.4, 0.5) is 0 Å². The Balaban J connectivity index is 1.57. The topological polar surface area (TPSA) is 104 Å². The lowest BCUT2D eigenvalue weighted by atomic mass is 9.88. The first-order valence-corrected chi connectivity index (χ1v) is 13.7. The zero-order valence-corrected chi connectivity index (χ0v) is 22.4. The van der Waals surface area contributed by atoms with E-state index in [0.29, 0.717) is 12.0 Å². The van der Waals surface area contributed by atoms with E-state index in [1.54, 1.807) is 4.90 Å². The second kappa shape index (κ2) is 10.2. The van der Waals surface area contributed by atoms with Crippen LogP contribution in [0.15, 0.2) is 42.5 Å². The van der Waals surface area contributed by atoms with Crippen LogP contribution in [0.25, 0.3) is 10.2 Å². The van der Waals surface area contributed by atoms with Gasteiger partial charge in [-0.25, -0.2) is 0 Å². The first-order valence-electron chi connectivity index (χ1n) is 12.9. The van der Waals surface area contributed by atoms with Crippen molar-refractivity contribution in [2.75, 3.05) is 0 Å². The Labute approximate surface area is 221 Å². The number of carbonyl (C=O) groups is 3. The van der Waals surface area contributed by atoms with E-state index in [9.17, 15) is 14.4 Å². The van der Waals surface area contributed by atoms with Crippen molar-refractivity contribution >= 4 is 39.5 Å². The molecule has 1 aliphatic heterocycles. The number of rotatable bonds is 7. The maximum Gasteiger partial charge on any atom is 0.247 e. The summed E-state index contributed by atoms with van der Waals surface area (Å²) in [4.78, 5) is 43.3. The fourth-order valence-electron chi connectivity index (χ4n) is 5.64. The summed E-state index contributed by atoms with van der Waals surface area (Å²) in [6.45, 7) is 7.82. The minimum Gasteiger partial charge on any atom is -0.352 e. The van der Waals surface area contributed by atoms with Crippen molar-refractivity contribution in [3.8, 4) is 0 Å². The quantitative estimate of drug-likeness (QED) is 0.498. The molecular formula is C28H33N5O3S. The Bertz CT molecular complexity index is 1310. The van der Waals surface area contributed by atoms with Crippen LogP contribution in [0.3, 0.4) is 0 Å². The van der Waals surface area contributed by atoms with E-state index in [-0.39, 0.29) is 35.6 Å². The highest BCUT2D eigenvalue weighted by Gasteiger charge is 2.49. The van der Waals surface area contributed by atoms with Crippen molar-refractivity contribution in [3.63, 3.8) is 0 Å². The van der Waals surface area contributed by atoms with Gasteiger partial charge in [-0.05, 0) is 85.3 Å². The highest BCUT2D eigenvalue weighted by atomic mass is 32.1. The van der Waals surface area contributed by atoms with Gasteiger partial charge in [0.15, 0.2) is 0 Å². The molecule has 3 atom stereocenters. The number of fused-ring (bicyclic) bond motifs is 2. The minimum atomic E-state index is -0.942. The van der Waals surface area contributed by atoms with Gasteiger partial charge in [0.2, 0.25) is 17.7 Å². The number of hydrogen-bond acceptors (Lipinski definition) is 6. The van der Waals surface area contributed by atoms with Gasteiger partial charge in [-0.15, -0.1) is 5.10 Å².